The van der Waals surface area contributed by atoms with Crippen molar-refractivity contribution in [2.45, 2.75) is 36.5 Å². The summed E-state index contributed by atoms with van der Waals surface area (Å²) in [6.45, 7) is 6.75. The number of rotatable bonds is 6. The molecule has 0 spiro atoms. The van der Waals surface area contributed by atoms with E-state index in [9.17, 15) is 27.2 Å². The Morgan fingerprint density at radius 3 is 2.03 bits per heavy atom. The van der Waals surface area contributed by atoms with Crippen LogP contribution in [0.5, 0.6) is 0 Å². The maximum Gasteiger partial charge on any atom is 0.288 e. The van der Waals surface area contributed by atoms with Crippen LogP contribution in [0.15, 0.2) is 76.2 Å². The lowest BCUT2D eigenvalue weighted by Gasteiger charge is -2.36. The van der Waals surface area contributed by atoms with Gasteiger partial charge in [0.15, 0.2) is 5.76 Å². The molecule has 0 saturated carbocycles. The normalized spacial score (nSPS) is 15.1. The molecule has 1 aliphatic heterocycles. The van der Waals surface area contributed by atoms with Gasteiger partial charge in [0.05, 0.1) is 11.2 Å². The second-order valence-electron chi connectivity index (χ2n) is 10.3. The lowest BCUT2D eigenvalue weighted by Crippen LogP contribution is -2.57. The molecule has 206 valence electrons. The van der Waals surface area contributed by atoms with Crippen LogP contribution in [0.25, 0.3) is 0 Å². The third kappa shape index (κ3) is 6.19. The van der Waals surface area contributed by atoms with E-state index in [4.69, 9.17) is 4.42 Å². The van der Waals surface area contributed by atoms with E-state index < -0.39 is 32.8 Å². The van der Waals surface area contributed by atoms with Gasteiger partial charge in [-0.2, -0.15) is 0 Å². The highest BCUT2D eigenvalue weighted by atomic mass is 32.2. The predicted octanol–water partition coefficient (Wildman–Crippen LogP) is 3.23. The summed E-state index contributed by atoms with van der Waals surface area (Å²) in [5, 5.41) is 0.282. The van der Waals surface area contributed by atoms with Gasteiger partial charge < -0.3 is 19.5 Å². The number of carbonyl (C=O) groups excluding carboxylic acids is 3. The van der Waals surface area contributed by atoms with E-state index in [1.165, 1.54) is 23.3 Å². The molecule has 2 aromatic carbocycles. The van der Waals surface area contributed by atoms with Gasteiger partial charge in [-0.3, -0.25) is 14.4 Å². The zero-order chi connectivity index (χ0) is 28.4. The van der Waals surface area contributed by atoms with Crippen molar-refractivity contribution in [3.05, 3.63) is 89.6 Å². The highest BCUT2D eigenvalue weighted by Gasteiger charge is 2.40. The van der Waals surface area contributed by atoms with E-state index in [1.54, 1.807) is 17.0 Å². The van der Waals surface area contributed by atoms with Crippen LogP contribution in [-0.2, 0) is 20.0 Å². The number of benzene rings is 2. The van der Waals surface area contributed by atoms with Crippen LogP contribution in [0.3, 0.4) is 0 Å². The fraction of sp³-hybridized carbons (Fsp3) is 0.321. The molecule has 1 N–H and O–H groups in total. The Hall–Kier alpha value is -3.99. The third-order valence-corrected chi connectivity index (χ3v) is 8.43. The number of amides is 3. The topological polar surface area (TPSA) is 117 Å². The summed E-state index contributed by atoms with van der Waals surface area (Å²) in [5.41, 5.74) is 1.56. The molecule has 1 saturated heterocycles. The molecule has 4 rings (SSSR count). The molecule has 2 heterocycles. The summed E-state index contributed by atoms with van der Waals surface area (Å²) in [6.07, 6.45) is 1.24. The van der Waals surface area contributed by atoms with E-state index >= 15 is 0 Å². The SMILES string of the molecule is CC(C)(C)c1ccc(C(=O)N2CCN(C(=O)[C@H](NC(=O)c3ccco3)S(=O)(=O)c3ccc(F)cc3)CC2)cc1. The fourth-order valence-electron chi connectivity index (χ4n) is 4.22. The maximum atomic E-state index is 13.5. The molecule has 0 aliphatic carbocycles. The summed E-state index contributed by atoms with van der Waals surface area (Å²) in [5.74, 6) is -2.76. The number of furan rings is 1. The summed E-state index contributed by atoms with van der Waals surface area (Å²) in [7, 11) is -4.45. The van der Waals surface area contributed by atoms with Crippen molar-refractivity contribution >= 4 is 27.6 Å². The van der Waals surface area contributed by atoms with Crippen molar-refractivity contribution in [3.8, 4) is 0 Å². The average Bonchev–Trinajstić information content (AvgIpc) is 3.46. The van der Waals surface area contributed by atoms with Gasteiger partial charge >= 0.3 is 0 Å². The molecule has 1 aromatic heterocycles. The molecule has 0 radical (unpaired) electrons. The van der Waals surface area contributed by atoms with Crippen molar-refractivity contribution in [3.63, 3.8) is 0 Å². The second kappa shape index (κ2) is 11.0. The van der Waals surface area contributed by atoms with Gasteiger partial charge in [0, 0.05) is 31.7 Å². The molecule has 1 atom stereocenters. The molecule has 0 bridgehead atoms. The largest absolute Gasteiger partial charge is 0.459 e. The zero-order valence-corrected chi connectivity index (χ0v) is 22.7. The number of sulfone groups is 1. The Morgan fingerprint density at radius 1 is 0.897 bits per heavy atom. The number of nitrogens with zero attached hydrogens (tertiary/aromatic N) is 2. The Labute approximate surface area is 226 Å². The Balaban J connectivity index is 1.50. The van der Waals surface area contributed by atoms with Crippen LogP contribution in [0.1, 0.15) is 47.2 Å². The molecule has 0 unspecified atom stereocenters. The molecule has 39 heavy (non-hydrogen) atoms. The molecule has 11 heteroatoms. The second-order valence-corrected chi connectivity index (χ2v) is 12.3. The number of hydrogen-bond acceptors (Lipinski definition) is 6. The first-order valence-electron chi connectivity index (χ1n) is 12.4. The first-order valence-corrected chi connectivity index (χ1v) is 13.9. The van der Waals surface area contributed by atoms with Gasteiger partial charge in [-0.1, -0.05) is 32.9 Å². The number of piperazine rings is 1. The van der Waals surface area contributed by atoms with Crippen LogP contribution < -0.4 is 5.32 Å². The van der Waals surface area contributed by atoms with Gasteiger partial charge in [-0.15, -0.1) is 0 Å². The fourth-order valence-corrected chi connectivity index (χ4v) is 5.69. The van der Waals surface area contributed by atoms with E-state index in [2.05, 4.69) is 26.1 Å². The highest BCUT2D eigenvalue weighted by molar-refractivity contribution is 7.92. The van der Waals surface area contributed by atoms with Crippen molar-refractivity contribution in [2.24, 2.45) is 0 Å². The van der Waals surface area contributed by atoms with Crippen LogP contribution in [0.4, 0.5) is 4.39 Å². The van der Waals surface area contributed by atoms with Crippen LogP contribution in [-0.4, -0.2) is 67.5 Å². The van der Waals surface area contributed by atoms with E-state index in [0.717, 1.165) is 29.8 Å². The minimum atomic E-state index is -4.45. The van der Waals surface area contributed by atoms with E-state index in [-0.39, 0.29) is 48.2 Å². The summed E-state index contributed by atoms with van der Waals surface area (Å²) in [4.78, 5) is 41.8. The third-order valence-electron chi connectivity index (χ3n) is 6.56. The molecule has 3 aromatic rings. The van der Waals surface area contributed by atoms with Gasteiger partial charge in [0.1, 0.15) is 5.82 Å². The minimum absolute atomic E-state index is 0.0509. The monoisotopic (exact) mass is 555 g/mol. The lowest BCUT2D eigenvalue weighted by atomic mass is 9.86. The molecule has 3 amide bonds. The van der Waals surface area contributed by atoms with Crippen molar-refractivity contribution < 1.29 is 31.6 Å². The maximum absolute atomic E-state index is 13.5. The van der Waals surface area contributed by atoms with Gasteiger partial charge in [-0.05, 0) is 59.5 Å². The number of carbonyl (C=O) groups is 3. The number of halogens is 1. The summed E-state index contributed by atoms with van der Waals surface area (Å²) in [6, 6.07) is 14.2. The van der Waals surface area contributed by atoms with Crippen LogP contribution in [0, 0.1) is 5.82 Å². The van der Waals surface area contributed by atoms with Crippen molar-refractivity contribution in [1.29, 1.82) is 0 Å². The predicted molar refractivity (Wildman–Crippen MR) is 141 cm³/mol. The first-order chi connectivity index (χ1) is 18.4. The Morgan fingerprint density at radius 2 is 1.49 bits per heavy atom. The van der Waals surface area contributed by atoms with Gasteiger partial charge in [-0.25, -0.2) is 12.8 Å². The van der Waals surface area contributed by atoms with Gasteiger partial charge in [0.2, 0.25) is 15.2 Å². The molecule has 1 fully saturated rings. The number of hydrogen-bond donors (Lipinski definition) is 1. The Bertz CT molecular complexity index is 1440. The van der Waals surface area contributed by atoms with E-state index in [0.29, 0.717) is 5.56 Å². The minimum Gasteiger partial charge on any atom is -0.459 e. The highest BCUT2D eigenvalue weighted by Crippen LogP contribution is 2.23. The van der Waals surface area contributed by atoms with Gasteiger partial charge in [0.25, 0.3) is 17.7 Å². The average molecular weight is 556 g/mol. The lowest BCUT2D eigenvalue weighted by molar-refractivity contribution is -0.132. The summed E-state index contributed by atoms with van der Waals surface area (Å²) < 4.78 is 45.3. The Kier molecular flexibility index (Phi) is 7.91. The number of nitrogens with one attached hydrogen (secondary N) is 1. The zero-order valence-electron chi connectivity index (χ0n) is 21.9. The quantitative estimate of drug-likeness (QED) is 0.467. The van der Waals surface area contributed by atoms with Crippen LogP contribution in [0.2, 0.25) is 0 Å². The van der Waals surface area contributed by atoms with E-state index in [1.807, 2.05) is 12.1 Å². The van der Waals surface area contributed by atoms with Crippen molar-refractivity contribution in [2.75, 3.05) is 26.2 Å². The van der Waals surface area contributed by atoms with Crippen molar-refractivity contribution in [1.82, 2.24) is 15.1 Å². The molecule has 1 aliphatic rings. The standard InChI is InChI=1S/C28H30FN3O6S/c1-28(2,3)20-8-6-19(7-9-20)26(34)31-14-16-32(17-15-31)27(35)25(30-24(33)23-5-4-18-38-23)39(36,37)22-12-10-21(29)11-13-22/h4-13,18,25H,14-17H2,1-3H3,(H,30,33)/t25-/m1/s1. The van der Waals surface area contributed by atoms with Crippen LogP contribution >= 0.6 is 0 Å². The summed E-state index contributed by atoms with van der Waals surface area (Å²) >= 11 is 0. The smallest absolute Gasteiger partial charge is 0.288 e. The molecular weight excluding hydrogens is 525 g/mol. The molecular formula is C28H30FN3O6S. The first kappa shape index (κ1) is 28.0. The molecule has 9 nitrogen and oxygen atoms in total.